The van der Waals surface area contributed by atoms with Crippen molar-refractivity contribution in [2.45, 2.75) is 6.42 Å². The molecule has 0 aromatic heterocycles. The summed E-state index contributed by atoms with van der Waals surface area (Å²) < 4.78 is 0. The zero-order valence-corrected chi connectivity index (χ0v) is 9.53. The lowest BCUT2D eigenvalue weighted by Gasteiger charge is -2.19. The van der Waals surface area contributed by atoms with Crippen LogP contribution in [-0.4, -0.2) is 26.5 Å². The summed E-state index contributed by atoms with van der Waals surface area (Å²) in [5.41, 5.74) is 1.48. The minimum absolute atomic E-state index is 0.00119. The summed E-state index contributed by atoms with van der Waals surface area (Å²) in [7, 11) is 3.49. The van der Waals surface area contributed by atoms with E-state index >= 15 is 0 Å². The summed E-state index contributed by atoms with van der Waals surface area (Å²) in [4.78, 5) is 13.0. The Bertz CT molecular complexity index is 409. The van der Waals surface area contributed by atoms with E-state index in [1.165, 1.54) is 0 Å². The molecule has 0 unspecified atom stereocenters. The first-order valence-corrected chi connectivity index (χ1v) is 5.10. The molecule has 84 valence electrons. The van der Waals surface area contributed by atoms with Crippen LogP contribution in [-0.2, 0) is 4.79 Å². The number of nitrogens with zero attached hydrogens (tertiary/aromatic N) is 2. The number of hydrogen-bond donors (Lipinski definition) is 1. The smallest absolute Gasteiger partial charge is 0.221 e. The second kappa shape index (κ2) is 5.76. The molecule has 4 nitrogen and oxygen atoms in total. The molecule has 0 bridgehead atoms. The van der Waals surface area contributed by atoms with Gasteiger partial charge in [-0.3, -0.25) is 4.79 Å². The van der Waals surface area contributed by atoms with E-state index in [9.17, 15) is 4.79 Å². The number of carbonyl (C=O) groups is 1. The lowest BCUT2D eigenvalue weighted by atomic mass is 10.2. The van der Waals surface area contributed by atoms with Gasteiger partial charge in [-0.15, -0.1) is 0 Å². The van der Waals surface area contributed by atoms with Crippen LogP contribution in [0.3, 0.4) is 0 Å². The summed E-state index contributed by atoms with van der Waals surface area (Å²) in [6.45, 7) is 0.596. The number of anilines is 1. The summed E-state index contributed by atoms with van der Waals surface area (Å²) >= 11 is 0. The van der Waals surface area contributed by atoms with E-state index in [2.05, 4.69) is 11.4 Å². The fourth-order valence-corrected chi connectivity index (χ4v) is 1.42. The Morgan fingerprint density at radius 1 is 1.50 bits per heavy atom. The highest BCUT2D eigenvalue weighted by Crippen LogP contribution is 2.17. The average molecular weight is 217 g/mol. The van der Waals surface area contributed by atoms with Crippen molar-refractivity contribution in [3.8, 4) is 6.07 Å². The Morgan fingerprint density at radius 2 is 2.19 bits per heavy atom. The predicted octanol–water partition coefficient (Wildman–Crippen LogP) is 1.13. The van der Waals surface area contributed by atoms with Crippen molar-refractivity contribution in [2.24, 2.45) is 0 Å². The van der Waals surface area contributed by atoms with Crippen LogP contribution in [0.25, 0.3) is 0 Å². The van der Waals surface area contributed by atoms with Gasteiger partial charge < -0.3 is 10.2 Å². The van der Waals surface area contributed by atoms with Crippen LogP contribution in [0.4, 0.5) is 5.69 Å². The molecule has 0 spiro atoms. The van der Waals surface area contributed by atoms with Crippen molar-refractivity contribution < 1.29 is 4.79 Å². The lowest BCUT2D eigenvalue weighted by Crippen LogP contribution is -2.26. The molecule has 1 amide bonds. The highest BCUT2D eigenvalue weighted by molar-refractivity contribution is 5.76. The number of para-hydroxylation sites is 1. The maximum Gasteiger partial charge on any atom is 0.221 e. The first-order valence-electron chi connectivity index (χ1n) is 5.10. The summed E-state index contributed by atoms with van der Waals surface area (Å²) in [5.74, 6) is 0.00119. The molecule has 0 fully saturated rings. The average Bonchev–Trinajstić information content (AvgIpc) is 2.35. The van der Waals surface area contributed by atoms with Crippen LogP contribution in [0.2, 0.25) is 0 Å². The van der Waals surface area contributed by atoms with E-state index in [1.54, 1.807) is 13.1 Å². The Labute approximate surface area is 95.5 Å². The minimum Gasteiger partial charge on any atom is -0.373 e. The Kier molecular flexibility index (Phi) is 4.34. The first-order chi connectivity index (χ1) is 7.69. The Morgan fingerprint density at radius 3 is 2.81 bits per heavy atom. The Balaban J connectivity index is 2.70. The topological polar surface area (TPSA) is 56.1 Å². The van der Waals surface area contributed by atoms with Crippen LogP contribution in [0.5, 0.6) is 0 Å². The van der Waals surface area contributed by atoms with E-state index in [1.807, 2.05) is 30.1 Å². The zero-order chi connectivity index (χ0) is 12.0. The van der Waals surface area contributed by atoms with Crippen LogP contribution in [0.15, 0.2) is 24.3 Å². The highest BCUT2D eigenvalue weighted by atomic mass is 16.1. The molecule has 1 rings (SSSR count). The van der Waals surface area contributed by atoms with Crippen molar-refractivity contribution in [1.29, 1.82) is 5.26 Å². The van der Waals surface area contributed by atoms with E-state index in [0.29, 0.717) is 18.5 Å². The summed E-state index contributed by atoms with van der Waals surface area (Å²) in [6.07, 6.45) is 0.423. The van der Waals surface area contributed by atoms with E-state index in [-0.39, 0.29) is 5.91 Å². The van der Waals surface area contributed by atoms with Crippen molar-refractivity contribution in [3.63, 3.8) is 0 Å². The molecule has 1 aromatic carbocycles. The normalized spacial score (nSPS) is 9.31. The van der Waals surface area contributed by atoms with Gasteiger partial charge >= 0.3 is 0 Å². The van der Waals surface area contributed by atoms with Gasteiger partial charge in [-0.2, -0.15) is 5.26 Å². The van der Waals surface area contributed by atoms with Gasteiger partial charge in [0.25, 0.3) is 0 Å². The van der Waals surface area contributed by atoms with Gasteiger partial charge in [0.1, 0.15) is 6.07 Å². The molecule has 1 N–H and O–H groups in total. The van der Waals surface area contributed by atoms with Gasteiger partial charge in [-0.05, 0) is 12.1 Å². The molecule has 0 heterocycles. The molecular weight excluding hydrogens is 202 g/mol. The monoisotopic (exact) mass is 217 g/mol. The Hall–Kier alpha value is -2.02. The second-order valence-corrected chi connectivity index (χ2v) is 3.47. The van der Waals surface area contributed by atoms with E-state index in [0.717, 1.165) is 5.69 Å². The highest BCUT2D eigenvalue weighted by Gasteiger charge is 2.07. The largest absolute Gasteiger partial charge is 0.373 e. The van der Waals surface area contributed by atoms with Crippen molar-refractivity contribution in [2.75, 3.05) is 25.5 Å². The van der Waals surface area contributed by atoms with Gasteiger partial charge in [-0.25, -0.2) is 0 Å². The summed E-state index contributed by atoms with van der Waals surface area (Å²) in [6, 6.07) is 9.49. The maximum absolute atomic E-state index is 11.1. The number of amides is 1. The van der Waals surface area contributed by atoms with Gasteiger partial charge in [0.2, 0.25) is 5.91 Å². The SMILES string of the molecule is CNC(=O)CCN(C)c1ccccc1C#N. The molecule has 0 aliphatic rings. The fourth-order valence-electron chi connectivity index (χ4n) is 1.42. The first kappa shape index (κ1) is 12.1. The molecule has 0 atom stereocenters. The predicted molar refractivity (Wildman–Crippen MR) is 63.1 cm³/mol. The maximum atomic E-state index is 11.1. The van der Waals surface area contributed by atoms with Gasteiger partial charge in [0.05, 0.1) is 11.3 Å². The molecule has 0 radical (unpaired) electrons. The number of hydrogen-bond acceptors (Lipinski definition) is 3. The molecule has 0 saturated heterocycles. The zero-order valence-electron chi connectivity index (χ0n) is 9.53. The number of benzene rings is 1. The lowest BCUT2D eigenvalue weighted by molar-refractivity contribution is -0.120. The third kappa shape index (κ3) is 2.99. The van der Waals surface area contributed by atoms with E-state index in [4.69, 9.17) is 5.26 Å². The third-order valence-electron chi connectivity index (χ3n) is 2.39. The van der Waals surface area contributed by atoms with Crippen molar-refractivity contribution >= 4 is 11.6 Å². The molecule has 0 saturated carbocycles. The van der Waals surface area contributed by atoms with Gasteiger partial charge in [0.15, 0.2) is 0 Å². The van der Waals surface area contributed by atoms with Gasteiger partial charge in [0, 0.05) is 27.1 Å². The van der Waals surface area contributed by atoms with Crippen LogP contribution in [0, 0.1) is 11.3 Å². The molecule has 0 aliphatic heterocycles. The fraction of sp³-hybridized carbons (Fsp3) is 0.333. The van der Waals surface area contributed by atoms with E-state index < -0.39 is 0 Å². The number of rotatable bonds is 4. The number of carbonyl (C=O) groups excluding carboxylic acids is 1. The quantitative estimate of drug-likeness (QED) is 0.822. The third-order valence-corrected chi connectivity index (χ3v) is 2.39. The van der Waals surface area contributed by atoms with Crippen LogP contribution in [0.1, 0.15) is 12.0 Å². The van der Waals surface area contributed by atoms with Gasteiger partial charge in [-0.1, -0.05) is 12.1 Å². The number of nitrogens with one attached hydrogen (secondary N) is 1. The standard InChI is InChI=1S/C12H15N3O/c1-14-12(16)7-8-15(2)11-6-4-3-5-10(11)9-13/h3-6H,7-8H2,1-2H3,(H,14,16). The van der Waals surface area contributed by atoms with Crippen molar-refractivity contribution in [1.82, 2.24) is 5.32 Å². The molecule has 4 heteroatoms. The van der Waals surface area contributed by atoms with Crippen LogP contribution < -0.4 is 10.2 Å². The molecular formula is C12H15N3O. The molecule has 1 aromatic rings. The van der Waals surface area contributed by atoms with Crippen LogP contribution >= 0.6 is 0 Å². The second-order valence-electron chi connectivity index (χ2n) is 3.47. The van der Waals surface area contributed by atoms with Crippen molar-refractivity contribution in [3.05, 3.63) is 29.8 Å². The number of nitriles is 1. The summed E-state index contributed by atoms with van der Waals surface area (Å²) in [5, 5.41) is 11.5. The molecule has 0 aliphatic carbocycles. The molecule has 16 heavy (non-hydrogen) atoms. The minimum atomic E-state index is 0.00119.